The van der Waals surface area contributed by atoms with E-state index < -0.39 is 0 Å². The molecule has 0 spiro atoms. The third-order valence-electron chi connectivity index (χ3n) is 3.14. The SMILES string of the molecule is C=CCN1C(=O)S/C(=C/c2ccc(-c3ccccc3)o2)C1=O. The fourth-order valence-corrected chi connectivity index (χ4v) is 2.93. The van der Waals surface area contributed by atoms with Gasteiger partial charge in [-0.3, -0.25) is 14.5 Å². The number of hydrogen-bond acceptors (Lipinski definition) is 4. The first-order chi connectivity index (χ1) is 10.7. The number of hydrogen-bond donors (Lipinski definition) is 0. The number of rotatable bonds is 4. The molecule has 1 aliphatic rings. The van der Waals surface area contributed by atoms with Crippen LogP contribution in [0.25, 0.3) is 17.4 Å². The molecule has 0 N–H and O–H groups in total. The van der Waals surface area contributed by atoms with Gasteiger partial charge in [0, 0.05) is 18.2 Å². The maximum Gasteiger partial charge on any atom is 0.293 e. The lowest BCUT2D eigenvalue weighted by molar-refractivity contribution is -0.122. The Morgan fingerprint density at radius 2 is 1.91 bits per heavy atom. The van der Waals surface area contributed by atoms with Crippen molar-refractivity contribution in [1.29, 1.82) is 0 Å². The molecule has 1 aliphatic heterocycles. The third-order valence-corrected chi connectivity index (χ3v) is 4.05. The largest absolute Gasteiger partial charge is 0.457 e. The number of amides is 2. The van der Waals surface area contributed by atoms with Crippen LogP contribution >= 0.6 is 11.8 Å². The normalized spacial score (nSPS) is 16.5. The molecule has 0 radical (unpaired) electrons. The van der Waals surface area contributed by atoms with Gasteiger partial charge in [0.15, 0.2) is 0 Å². The smallest absolute Gasteiger partial charge is 0.293 e. The molecule has 2 amide bonds. The maximum atomic E-state index is 12.1. The first-order valence-corrected chi connectivity index (χ1v) is 7.52. The van der Waals surface area contributed by atoms with Crippen LogP contribution in [0.2, 0.25) is 0 Å². The predicted molar refractivity (Wildman–Crippen MR) is 87.0 cm³/mol. The van der Waals surface area contributed by atoms with Crippen molar-refractivity contribution >= 4 is 29.0 Å². The van der Waals surface area contributed by atoms with E-state index in [2.05, 4.69) is 6.58 Å². The van der Waals surface area contributed by atoms with E-state index in [-0.39, 0.29) is 17.7 Å². The van der Waals surface area contributed by atoms with Crippen LogP contribution < -0.4 is 0 Å². The number of carbonyl (C=O) groups is 2. The van der Waals surface area contributed by atoms with Gasteiger partial charge in [0.05, 0.1) is 4.91 Å². The average molecular weight is 311 g/mol. The molecule has 0 bridgehead atoms. The van der Waals surface area contributed by atoms with Crippen LogP contribution in [0, 0.1) is 0 Å². The summed E-state index contributed by atoms with van der Waals surface area (Å²) in [5.74, 6) is 0.952. The number of thioether (sulfide) groups is 1. The molecular weight excluding hydrogens is 298 g/mol. The standard InChI is InChI=1S/C17H13NO3S/c1-2-10-18-16(19)15(22-17(18)20)11-13-8-9-14(21-13)12-6-4-3-5-7-12/h2-9,11H,1,10H2/b15-11+. The molecule has 1 aromatic heterocycles. The van der Waals surface area contributed by atoms with Gasteiger partial charge in [0.25, 0.3) is 11.1 Å². The summed E-state index contributed by atoms with van der Waals surface area (Å²) in [6, 6.07) is 13.3. The molecule has 2 aromatic rings. The summed E-state index contributed by atoms with van der Waals surface area (Å²) in [7, 11) is 0. The Kier molecular flexibility index (Phi) is 3.98. The molecule has 1 fully saturated rings. The van der Waals surface area contributed by atoms with Crippen LogP contribution in [0.5, 0.6) is 0 Å². The monoisotopic (exact) mass is 311 g/mol. The van der Waals surface area contributed by atoms with Crippen molar-refractivity contribution < 1.29 is 14.0 Å². The molecule has 2 heterocycles. The van der Waals surface area contributed by atoms with E-state index in [1.54, 1.807) is 12.1 Å². The number of imide groups is 1. The Hall–Kier alpha value is -2.53. The summed E-state index contributed by atoms with van der Waals surface area (Å²) in [6.45, 7) is 3.76. The highest BCUT2D eigenvalue weighted by atomic mass is 32.2. The Morgan fingerprint density at radius 3 is 2.64 bits per heavy atom. The Balaban J connectivity index is 1.85. The topological polar surface area (TPSA) is 50.5 Å². The van der Waals surface area contributed by atoms with Crippen molar-refractivity contribution in [1.82, 2.24) is 4.90 Å². The summed E-state index contributed by atoms with van der Waals surface area (Å²) in [4.78, 5) is 25.4. The van der Waals surface area contributed by atoms with Crippen LogP contribution in [0.1, 0.15) is 5.76 Å². The predicted octanol–water partition coefficient (Wildman–Crippen LogP) is 4.17. The van der Waals surface area contributed by atoms with Crippen LogP contribution in [-0.2, 0) is 4.79 Å². The molecule has 22 heavy (non-hydrogen) atoms. The minimum Gasteiger partial charge on any atom is -0.457 e. The summed E-state index contributed by atoms with van der Waals surface area (Å²) >= 11 is 0.912. The molecule has 0 atom stereocenters. The van der Waals surface area contributed by atoms with Gasteiger partial charge in [-0.1, -0.05) is 36.4 Å². The van der Waals surface area contributed by atoms with E-state index >= 15 is 0 Å². The molecule has 0 aliphatic carbocycles. The fraction of sp³-hybridized carbons (Fsp3) is 0.0588. The fourth-order valence-electron chi connectivity index (χ4n) is 2.10. The lowest BCUT2D eigenvalue weighted by Gasteiger charge is -2.07. The molecular formula is C17H13NO3S. The van der Waals surface area contributed by atoms with E-state index in [9.17, 15) is 9.59 Å². The minimum atomic E-state index is -0.312. The second kappa shape index (κ2) is 6.07. The van der Waals surface area contributed by atoms with Crippen LogP contribution in [0.4, 0.5) is 4.79 Å². The molecule has 0 saturated carbocycles. The van der Waals surface area contributed by atoms with Crippen LogP contribution in [0.15, 0.2) is 64.4 Å². The van der Waals surface area contributed by atoms with Crippen molar-refractivity contribution in [2.24, 2.45) is 0 Å². The van der Waals surface area contributed by atoms with Crippen molar-refractivity contribution in [3.05, 3.63) is 65.8 Å². The quantitative estimate of drug-likeness (QED) is 0.628. The molecule has 1 saturated heterocycles. The van der Waals surface area contributed by atoms with Gasteiger partial charge in [-0.25, -0.2) is 0 Å². The van der Waals surface area contributed by atoms with E-state index in [4.69, 9.17) is 4.42 Å². The van der Waals surface area contributed by atoms with E-state index in [0.717, 1.165) is 28.0 Å². The Labute approximate surface area is 132 Å². The first-order valence-electron chi connectivity index (χ1n) is 6.70. The van der Waals surface area contributed by atoms with E-state index in [0.29, 0.717) is 10.7 Å². The number of carbonyl (C=O) groups excluding carboxylic acids is 2. The molecule has 110 valence electrons. The number of nitrogens with zero attached hydrogens (tertiary/aromatic N) is 1. The summed E-state index contributed by atoms with van der Waals surface area (Å²) < 4.78 is 5.72. The van der Waals surface area contributed by atoms with Gasteiger partial charge in [0.1, 0.15) is 11.5 Å². The zero-order valence-corrected chi connectivity index (χ0v) is 12.5. The van der Waals surface area contributed by atoms with Gasteiger partial charge < -0.3 is 4.42 Å². The highest BCUT2D eigenvalue weighted by Gasteiger charge is 2.34. The molecule has 5 heteroatoms. The number of furan rings is 1. The zero-order valence-electron chi connectivity index (χ0n) is 11.7. The van der Waals surface area contributed by atoms with E-state index in [1.165, 1.54) is 6.08 Å². The zero-order chi connectivity index (χ0) is 15.5. The van der Waals surface area contributed by atoms with Gasteiger partial charge in [-0.05, 0) is 23.9 Å². The maximum absolute atomic E-state index is 12.1. The summed E-state index contributed by atoms with van der Waals surface area (Å²) in [5.41, 5.74) is 0.960. The average Bonchev–Trinajstić information content (AvgIpc) is 3.09. The summed E-state index contributed by atoms with van der Waals surface area (Å²) in [6.07, 6.45) is 3.13. The number of benzene rings is 1. The van der Waals surface area contributed by atoms with E-state index in [1.807, 2.05) is 36.4 Å². The first kappa shape index (κ1) is 14.4. The van der Waals surface area contributed by atoms with Gasteiger partial charge in [-0.15, -0.1) is 6.58 Å². The molecule has 4 nitrogen and oxygen atoms in total. The summed E-state index contributed by atoms with van der Waals surface area (Å²) in [5, 5.41) is -0.286. The molecule has 1 aromatic carbocycles. The lowest BCUT2D eigenvalue weighted by Crippen LogP contribution is -2.27. The Bertz CT molecular complexity index is 761. The minimum absolute atomic E-state index is 0.218. The highest BCUT2D eigenvalue weighted by molar-refractivity contribution is 8.18. The lowest BCUT2D eigenvalue weighted by atomic mass is 10.2. The van der Waals surface area contributed by atoms with Crippen LogP contribution in [-0.4, -0.2) is 22.6 Å². The van der Waals surface area contributed by atoms with Crippen LogP contribution in [0.3, 0.4) is 0 Å². The Morgan fingerprint density at radius 1 is 1.14 bits per heavy atom. The van der Waals surface area contributed by atoms with Crippen molar-refractivity contribution in [3.8, 4) is 11.3 Å². The van der Waals surface area contributed by atoms with Gasteiger partial charge >= 0.3 is 0 Å². The van der Waals surface area contributed by atoms with Crippen molar-refractivity contribution in [3.63, 3.8) is 0 Å². The molecule has 3 rings (SSSR count). The third kappa shape index (κ3) is 2.76. The molecule has 0 unspecified atom stereocenters. The van der Waals surface area contributed by atoms with Crippen molar-refractivity contribution in [2.75, 3.05) is 6.54 Å². The van der Waals surface area contributed by atoms with Crippen molar-refractivity contribution in [2.45, 2.75) is 0 Å². The second-order valence-electron chi connectivity index (χ2n) is 4.65. The highest BCUT2D eigenvalue weighted by Crippen LogP contribution is 2.33. The van der Waals surface area contributed by atoms with Gasteiger partial charge in [0.2, 0.25) is 0 Å². The van der Waals surface area contributed by atoms with Gasteiger partial charge in [-0.2, -0.15) is 0 Å². The second-order valence-corrected chi connectivity index (χ2v) is 5.64.